The van der Waals surface area contributed by atoms with Gasteiger partial charge in [0.1, 0.15) is 11.7 Å². The summed E-state index contributed by atoms with van der Waals surface area (Å²) < 4.78 is 5.52. The lowest BCUT2D eigenvalue weighted by Gasteiger charge is -2.29. The second-order valence-corrected chi connectivity index (χ2v) is 9.81. The highest BCUT2D eigenvalue weighted by Gasteiger charge is 2.59. The Bertz CT molecular complexity index is 1510. The number of esters is 1. The van der Waals surface area contributed by atoms with Gasteiger partial charge in [0.25, 0.3) is 5.91 Å². The first-order valence-electron chi connectivity index (χ1n) is 12.5. The van der Waals surface area contributed by atoms with Gasteiger partial charge >= 0.3 is 5.97 Å². The van der Waals surface area contributed by atoms with Crippen molar-refractivity contribution in [3.05, 3.63) is 131 Å². The number of rotatable bonds is 6. The van der Waals surface area contributed by atoms with E-state index in [2.05, 4.69) is 0 Å². The summed E-state index contributed by atoms with van der Waals surface area (Å²) in [6, 6.07) is 31.4. The number of anilines is 1. The molecule has 3 atom stereocenters. The second kappa shape index (κ2) is 10.4. The minimum Gasteiger partial charge on any atom is -0.423 e. The van der Waals surface area contributed by atoms with E-state index in [9.17, 15) is 14.4 Å². The monoisotopic (exact) mass is 538 g/mol. The molecule has 0 aliphatic carbocycles. The summed E-state index contributed by atoms with van der Waals surface area (Å²) in [5, 5.41) is 2.16. The van der Waals surface area contributed by atoms with E-state index in [1.54, 1.807) is 77.9 Å². The van der Waals surface area contributed by atoms with Gasteiger partial charge in [-0.05, 0) is 59.7 Å². The Hall–Kier alpha value is -4.46. The highest BCUT2D eigenvalue weighted by atomic mass is 35.5. The van der Waals surface area contributed by atoms with Gasteiger partial charge in [-0.3, -0.25) is 19.3 Å². The molecule has 6 rings (SSSR count). The number of fused-ring (bicyclic) bond motifs is 1. The number of ether oxygens (including phenoxy) is 1. The maximum absolute atomic E-state index is 13.7. The number of hydrogen-bond donors (Lipinski definition) is 0. The van der Waals surface area contributed by atoms with Crippen LogP contribution in [0, 0.1) is 5.92 Å². The lowest BCUT2D eigenvalue weighted by Crippen LogP contribution is -2.36. The molecule has 4 aromatic rings. The lowest BCUT2D eigenvalue weighted by molar-refractivity contribution is -0.143. The Morgan fingerprint density at radius 2 is 1.44 bits per heavy atom. The number of halogens is 1. The molecule has 2 aliphatic heterocycles. The molecule has 2 saturated heterocycles. The van der Waals surface area contributed by atoms with Crippen molar-refractivity contribution < 1.29 is 24.0 Å². The molecule has 0 bridgehead atoms. The predicted molar refractivity (Wildman–Crippen MR) is 145 cm³/mol. The first kappa shape index (κ1) is 24.9. The van der Waals surface area contributed by atoms with Crippen LogP contribution in [-0.2, 0) is 21.0 Å². The highest BCUT2D eigenvalue weighted by Crippen LogP contribution is 2.47. The molecular weight excluding hydrogens is 516 g/mol. The van der Waals surface area contributed by atoms with Crippen LogP contribution in [0.4, 0.5) is 5.69 Å². The number of carbonyl (C=O) groups is 3. The van der Waals surface area contributed by atoms with Gasteiger partial charge in [0.05, 0.1) is 23.8 Å². The fourth-order valence-corrected chi connectivity index (χ4v) is 5.14. The summed E-state index contributed by atoms with van der Waals surface area (Å²) in [6.07, 6.45) is -0.961. The van der Waals surface area contributed by atoms with Crippen molar-refractivity contribution in [1.29, 1.82) is 0 Å². The Morgan fingerprint density at radius 3 is 2.10 bits per heavy atom. The van der Waals surface area contributed by atoms with Crippen molar-refractivity contribution in [3.63, 3.8) is 0 Å². The minimum atomic E-state index is -0.961. The zero-order chi connectivity index (χ0) is 26.9. The van der Waals surface area contributed by atoms with Crippen LogP contribution in [0.3, 0.4) is 0 Å². The molecular formula is C31H23ClN2O5. The van der Waals surface area contributed by atoms with Gasteiger partial charge in [-0.15, -0.1) is 0 Å². The van der Waals surface area contributed by atoms with Gasteiger partial charge < -0.3 is 4.74 Å². The topological polar surface area (TPSA) is 76.2 Å². The SMILES string of the molecule is O=C(Oc1ccc([C@@H]2[C@H]3C(=O)N(Cc4ccccc4)C(=O)[C@@H]3ON2c2ccc(Cl)cc2)cc1)c1ccccc1. The van der Waals surface area contributed by atoms with E-state index in [0.717, 1.165) is 11.1 Å². The Morgan fingerprint density at radius 1 is 0.795 bits per heavy atom. The average molecular weight is 539 g/mol. The second-order valence-electron chi connectivity index (χ2n) is 9.37. The molecule has 0 radical (unpaired) electrons. The van der Waals surface area contributed by atoms with Gasteiger partial charge in [-0.1, -0.05) is 72.3 Å². The van der Waals surface area contributed by atoms with E-state index in [4.69, 9.17) is 21.2 Å². The third-order valence-corrected chi connectivity index (χ3v) is 7.16. The number of likely N-dealkylation sites (tertiary alicyclic amines) is 1. The Balaban J connectivity index is 1.30. The van der Waals surface area contributed by atoms with Crippen LogP contribution in [0.1, 0.15) is 27.5 Å². The Labute approximate surface area is 230 Å². The summed E-state index contributed by atoms with van der Waals surface area (Å²) in [4.78, 5) is 47.0. The van der Waals surface area contributed by atoms with Crippen molar-refractivity contribution in [2.45, 2.75) is 18.7 Å². The Kier molecular flexibility index (Phi) is 6.60. The molecule has 2 aliphatic rings. The third kappa shape index (κ3) is 4.78. The van der Waals surface area contributed by atoms with E-state index >= 15 is 0 Å². The number of imide groups is 1. The van der Waals surface area contributed by atoms with Crippen LogP contribution in [0.2, 0.25) is 5.02 Å². The van der Waals surface area contributed by atoms with Crippen LogP contribution in [0.25, 0.3) is 0 Å². The normalized spacial score (nSPS) is 20.3. The van der Waals surface area contributed by atoms with Crippen molar-refractivity contribution in [1.82, 2.24) is 4.90 Å². The zero-order valence-electron chi connectivity index (χ0n) is 20.6. The highest BCUT2D eigenvalue weighted by molar-refractivity contribution is 6.30. The zero-order valence-corrected chi connectivity index (χ0v) is 21.4. The van der Waals surface area contributed by atoms with E-state index in [0.29, 0.717) is 22.0 Å². The average Bonchev–Trinajstić information content (AvgIpc) is 3.47. The quantitative estimate of drug-likeness (QED) is 0.180. The molecule has 0 aromatic heterocycles. The molecule has 7 nitrogen and oxygen atoms in total. The minimum absolute atomic E-state index is 0.177. The molecule has 39 heavy (non-hydrogen) atoms. The van der Waals surface area contributed by atoms with Gasteiger partial charge in [-0.25, -0.2) is 9.86 Å². The van der Waals surface area contributed by atoms with Gasteiger partial charge in [-0.2, -0.15) is 0 Å². The summed E-state index contributed by atoms with van der Waals surface area (Å²) in [5.41, 5.74) is 2.69. The van der Waals surface area contributed by atoms with Crippen molar-refractivity contribution in [2.24, 2.45) is 5.92 Å². The van der Waals surface area contributed by atoms with Gasteiger partial charge in [0.15, 0.2) is 6.10 Å². The molecule has 2 fully saturated rings. The molecule has 0 unspecified atom stereocenters. The van der Waals surface area contributed by atoms with E-state index in [-0.39, 0.29) is 18.4 Å². The number of carbonyl (C=O) groups excluding carboxylic acids is 3. The van der Waals surface area contributed by atoms with Crippen molar-refractivity contribution in [3.8, 4) is 5.75 Å². The first-order chi connectivity index (χ1) is 19.0. The van der Waals surface area contributed by atoms with E-state index in [1.807, 2.05) is 36.4 Å². The molecule has 0 spiro atoms. The molecule has 2 heterocycles. The first-order valence-corrected chi connectivity index (χ1v) is 12.9. The molecule has 0 N–H and O–H groups in total. The maximum atomic E-state index is 13.7. The van der Waals surface area contributed by atoms with Gasteiger partial charge in [0, 0.05) is 5.02 Å². The van der Waals surface area contributed by atoms with Crippen molar-refractivity contribution >= 4 is 35.1 Å². The summed E-state index contributed by atoms with van der Waals surface area (Å²) >= 11 is 6.10. The third-order valence-electron chi connectivity index (χ3n) is 6.91. The lowest BCUT2D eigenvalue weighted by atomic mass is 9.90. The smallest absolute Gasteiger partial charge is 0.343 e. The van der Waals surface area contributed by atoms with Crippen LogP contribution < -0.4 is 9.80 Å². The summed E-state index contributed by atoms with van der Waals surface area (Å²) in [7, 11) is 0. The maximum Gasteiger partial charge on any atom is 0.343 e. The van der Waals surface area contributed by atoms with Crippen molar-refractivity contribution in [2.75, 3.05) is 5.06 Å². The number of hydrogen-bond acceptors (Lipinski definition) is 6. The molecule has 0 saturated carbocycles. The number of amides is 2. The van der Waals surface area contributed by atoms with Crippen LogP contribution >= 0.6 is 11.6 Å². The van der Waals surface area contributed by atoms with Gasteiger partial charge in [0.2, 0.25) is 5.91 Å². The van der Waals surface area contributed by atoms with E-state index < -0.39 is 24.0 Å². The van der Waals surface area contributed by atoms with Crippen LogP contribution in [0.15, 0.2) is 109 Å². The fourth-order valence-electron chi connectivity index (χ4n) is 5.02. The molecule has 2 amide bonds. The van der Waals surface area contributed by atoms with Crippen LogP contribution in [0.5, 0.6) is 5.75 Å². The molecule has 8 heteroatoms. The molecule has 194 valence electrons. The number of benzene rings is 4. The largest absolute Gasteiger partial charge is 0.423 e. The van der Waals surface area contributed by atoms with E-state index in [1.165, 1.54) is 4.90 Å². The summed E-state index contributed by atoms with van der Waals surface area (Å²) in [5.74, 6) is -1.53. The summed E-state index contributed by atoms with van der Waals surface area (Å²) in [6.45, 7) is 0.177. The predicted octanol–water partition coefficient (Wildman–Crippen LogP) is 5.61. The number of nitrogens with zero attached hydrogens (tertiary/aromatic N) is 2. The standard InChI is InChI=1S/C31H23ClN2O5/c32-23-13-15-24(16-14-23)34-27(21-11-17-25(18-12-21)38-31(37)22-9-5-2-6-10-22)26-28(39-34)30(36)33(29(26)35)19-20-7-3-1-4-8-20/h1-18,26-28H,19H2/t26-,27-,28-/m1/s1. The fraction of sp³-hybridized carbons (Fsp3) is 0.129. The number of hydroxylamine groups is 1. The van der Waals surface area contributed by atoms with Crippen LogP contribution in [-0.4, -0.2) is 28.8 Å². The molecule has 4 aromatic carbocycles.